The Morgan fingerprint density at radius 1 is 1.62 bits per heavy atom. The number of halogens is 2. The van der Waals surface area contributed by atoms with E-state index >= 15 is 0 Å². The predicted octanol–water partition coefficient (Wildman–Crippen LogP) is 2.87. The molecule has 0 radical (unpaired) electrons. The first-order valence-electron chi connectivity index (χ1n) is 5.35. The second-order valence-corrected chi connectivity index (χ2v) is 5.36. The molecule has 16 heavy (non-hydrogen) atoms. The highest BCUT2D eigenvalue weighted by molar-refractivity contribution is 9.10. The molecule has 5 heteroatoms. The van der Waals surface area contributed by atoms with E-state index in [0.717, 1.165) is 24.0 Å². The van der Waals surface area contributed by atoms with Crippen LogP contribution < -0.4 is 10.1 Å². The molecule has 0 saturated carbocycles. The maximum atomic E-state index is 5.87. The summed E-state index contributed by atoms with van der Waals surface area (Å²) in [5, 5.41) is 3.93. The molecule has 1 N–H and O–H groups in total. The molecule has 2 rings (SSSR count). The minimum Gasteiger partial charge on any atom is -0.472 e. The second-order valence-electron chi connectivity index (χ2n) is 4.07. The minimum absolute atomic E-state index is 0.179. The average molecular weight is 306 g/mol. The van der Waals surface area contributed by atoms with Crippen molar-refractivity contribution in [3.8, 4) is 5.88 Å². The van der Waals surface area contributed by atoms with E-state index in [0.29, 0.717) is 16.8 Å². The first kappa shape index (κ1) is 12.1. The standard InChI is InChI=1S/C11H14BrClN2O/c1-7-2-3-14-6-10(7)16-11-9(12)4-8(13)5-15-11/h4-5,7,10,14H,2-3,6H2,1H3. The predicted molar refractivity (Wildman–Crippen MR) is 68.0 cm³/mol. The number of aromatic nitrogens is 1. The molecule has 0 aliphatic carbocycles. The summed E-state index contributed by atoms with van der Waals surface area (Å²) >= 11 is 9.23. The van der Waals surface area contributed by atoms with E-state index in [2.05, 4.69) is 33.2 Å². The Morgan fingerprint density at radius 3 is 3.12 bits per heavy atom. The van der Waals surface area contributed by atoms with Gasteiger partial charge in [0.15, 0.2) is 0 Å². The van der Waals surface area contributed by atoms with E-state index in [4.69, 9.17) is 16.3 Å². The Hall–Kier alpha value is -0.320. The van der Waals surface area contributed by atoms with Gasteiger partial charge in [-0.15, -0.1) is 0 Å². The molecule has 2 unspecified atom stereocenters. The van der Waals surface area contributed by atoms with Crippen molar-refractivity contribution in [2.45, 2.75) is 19.4 Å². The molecular weight excluding hydrogens is 291 g/mol. The van der Waals surface area contributed by atoms with Crippen LogP contribution in [0.3, 0.4) is 0 Å². The fourth-order valence-electron chi connectivity index (χ4n) is 1.75. The molecule has 1 aliphatic rings. The van der Waals surface area contributed by atoms with Gasteiger partial charge in [0.05, 0.1) is 9.50 Å². The van der Waals surface area contributed by atoms with Gasteiger partial charge in [-0.2, -0.15) is 0 Å². The summed E-state index contributed by atoms with van der Waals surface area (Å²) < 4.78 is 6.68. The topological polar surface area (TPSA) is 34.1 Å². The molecule has 0 aromatic carbocycles. The van der Waals surface area contributed by atoms with Crippen LogP contribution in [0.15, 0.2) is 16.7 Å². The van der Waals surface area contributed by atoms with E-state index in [1.165, 1.54) is 0 Å². The lowest BCUT2D eigenvalue weighted by Crippen LogP contribution is -2.43. The van der Waals surface area contributed by atoms with Crippen LogP contribution in [-0.2, 0) is 0 Å². The quantitative estimate of drug-likeness (QED) is 0.912. The molecule has 1 aromatic rings. The number of nitrogens with one attached hydrogen (secondary N) is 1. The highest BCUT2D eigenvalue weighted by Gasteiger charge is 2.23. The van der Waals surface area contributed by atoms with E-state index in [1.54, 1.807) is 12.3 Å². The number of nitrogens with zero attached hydrogens (tertiary/aromatic N) is 1. The maximum Gasteiger partial charge on any atom is 0.228 e. The van der Waals surface area contributed by atoms with Crippen LogP contribution in [0.2, 0.25) is 5.02 Å². The van der Waals surface area contributed by atoms with Crippen molar-refractivity contribution in [2.75, 3.05) is 13.1 Å². The fraction of sp³-hybridized carbons (Fsp3) is 0.545. The fourth-order valence-corrected chi connectivity index (χ4v) is 2.48. The van der Waals surface area contributed by atoms with Gasteiger partial charge in [-0.25, -0.2) is 4.98 Å². The van der Waals surface area contributed by atoms with Crippen molar-refractivity contribution in [3.05, 3.63) is 21.8 Å². The van der Waals surface area contributed by atoms with E-state index in [-0.39, 0.29) is 6.10 Å². The van der Waals surface area contributed by atoms with Gasteiger partial charge in [0.2, 0.25) is 5.88 Å². The molecule has 0 spiro atoms. The Kier molecular flexibility index (Phi) is 4.05. The molecule has 1 fully saturated rings. The third-order valence-corrected chi connectivity index (χ3v) is 3.57. The zero-order chi connectivity index (χ0) is 11.5. The summed E-state index contributed by atoms with van der Waals surface area (Å²) in [7, 11) is 0. The minimum atomic E-state index is 0.179. The SMILES string of the molecule is CC1CCNCC1Oc1ncc(Cl)cc1Br. The number of hydrogen-bond acceptors (Lipinski definition) is 3. The highest BCUT2D eigenvalue weighted by atomic mass is 79.9. The average Bonchev–Trinajstić information content (AvgIpc) is 2.25. The van der Waals surface area contributed by atoms with Gasteiger partial charge in [0, 0.05) is 12.7 Å². The highest BCUT2D eigenvalue weighted by Crippen LogP contribution is 2.27. The first-order valence-corrected chi connectivity index (χ1v) is 6.52. The van der Waals surface area contributed by atoms with Crippen molar-refractivity contribution >= 4 is 27.5 Å². The van der Waals surface area contributed by atoms with Gasteiger partial charge in [-0.3, -0.25) is 0 Å². The van der Waals surface area contributed by atoms with Crippen molar-refractivity contribution in [1.82, 2.24) is 10.3 Å². The summed E-state index contributed by atoms with van der Waals surface area (Å²) in [6.45, 7) is 4.14. The molecule has 0 bridgehead atoms. The smallest absolute Gasteiger partial charge is 0.228 e. The molecule has 1 saturated heterocycles. The van der Waals surface area contributed by atoms with Crippen molar-refractivity contribution in [2.24, 2.45) is 5.92 Å². The molecule has 2 heterocycles. The lowest BCUT2D eigenvalue weighted by Gasteiger charge is -2.29. The summed E-state index contributed by atoms with van der Waals surface area (Å²) in [5.74, 6) is 1.16. The number of ether oxygens (including phenoxy) is 1. The van der Waals surface area contributed by atoms with Gasteiger partial charge >= 0.3 is 0 Å². The number of piperidine rings is 1. The van der Waals surface area contributed by atoms with Crippen LogP contribution in [0, 0.1) is 5.92 Å². The van der Waals surface area contributed by atoms with Crippen LogP contribution in [0.4, 0.5) is 0 Å². The van der Waals surface area contributed by atoms with Gasteiger partial charge in [-0.05, 0) is 40.9 Å². The summed E-state index contributed by atoms with van der Waals surface area (Å²) in [4.78, 5) is 4.18. The zero-order valence-corrected chi connectivity index (χ0v) is 11.4. The Balaban J connectivity index is 2.07. The van der Waals surface area contributed by atoms with Gasteiger partial charge in [-0.1, -0.05) is 18.5 Å². The Labute approximate surface area is 109 Å². The molecule has 3 nitrogen and oxygen atoms in total. The lowest BCUT2D eigenvalue weighted by atomic mass is 9.97. The van der Waals surface area contributed by atoms with E-state index in [9.17, 15) is 0 Å². The van der Waals surface area contributed by atoms with Crippen molar-refractivity contribution in [3.63, 3.8) is 0 Å². The molecule has 1 aliphatic heterocycles. The zero-order valence-electron chi connectivity index (χ0n) is 9.04. The number of hydrogen-bond donors (Lipinski definition) is 1. The lowest BCUT2D eigenvalue weighted by molar-refractivity contribution is 0.109. The maximum absolute atomic E-state index is 5.87. The van der Waals surface area contributed by atoms with Crippen molar-refractivity contribution in [1.29, 1.82) is 0 Å². The largest absolute Gasteiger partial charge is 0.472 e. The van der Waals surface area contributed by atoms with Gasteiger partial charge in [0.25, 0.3) is 0 Å². The number of rotatable bonds is 2. The second kappa shape index (κ2) is 5.34. The summed E-state index contributed by atoms with van der Waals surface area (Å²) in [5.41, 5.74) is 0. The third kappa shape index (κ3) is 2.87. The van der Waals surface area contributed by atoms with Crippen LogP contribution >= 0.6 is 27.5 Å². The molecule has 88 valence electrons. The first-order chi connectivity index (χ1) is 7.66. The van der Waals surface area contributed by atoms with Gasteiger partial charge < -0.3 is 10.1 Å². The summed E-state index contributed by atoms with van der Waals surface area (Å²) in [6.07, 6.45) is 2.91. The van der Waals surface area contributed by atoms with Crippen LogP contribution in [0.5, 0.6) is 5.88 Å². The van der Waals surface area contributed by atoms with Crippen molar-refractivity contribution < 1.29 is 4.74 Å². The third-order valence-electron chi connectivity index (χ3n) is 2.79. The van der Waals surface area contributed by atoms with E-state index < -0.39 is 0 Å². The van der Waals surface area contributed by atoms with Gasteiger partial charge in [0.1, 0.15) is 6.10 Å². The Bertz CT molecular complexity index is 375. The molecule has 2 atom stereocenters. The van der Waals surface area contributed by atoms with Crippen LogP contribution in [-0.4, -0.2) is 24.2 Å². The summed E-state index contributed by atoms with van der Waals surface area (Å²) in [6, 6.07) is 1.80. The monoisotopic (exact) mass is 304 g/mol. The molecular formula is C11H14BrClN2O. The van der Waals surface area contributed by atoms with Crippen LogP contribution in [0.25, 0.3) is 0 Å². The van der Waals surface area contributed by atoms with Crippen LogP contribution in [0.1, 0.15) is 13.3 Å². The van der Waals surface area contributed by atoms with E-state index in [1.807, 2.05) is 0 Å². The molecule has 1 aromatic heterocycles. The normalized spacial score (nSPS) is 25.4. The Morgan fingerprint density at radius 2 is 2.44 bits per heavy atom. The molecule has 0 amide bonds. The number of pyridine rings is 1.